The van der Waals surface area contributed by atoms with Crippen LogP contribution in [-0.2, 0) is 6.42 Å². The zero-order valence-corrected chi connectivity index (χ0v) is 18.2. The second-order valence-corrected chi connectivity index (χ2v) is 9.83. The highest BCUT2D eigenvalue weighted by Crippen LogP contribution is 2.41. The third-order valence-electron chi connectivity index (χ3n) is 5.46. The van der Waals surface area contributed by atoms with Crippen molar-refractivity contribution in [2.24, 2.45) is 5.41 Å². The van der Waals surface area contributed by atoms with Gasteiger partial charge >= 0.3 is 0 Å². The summed E-state index contributed by atoms with van der Waals surface area (Å²) in [5, 5.41) is 13.6. The SMILES string of the molecule is Cc1nc(C)c(-c2csc(Cc3ccc(C(=O)CC4(C#N)CCCC4)cn3)n2)s1. The van der Waals surface area contributed by atoms with E-state index in [0.717, 1.165) is 57.7 Å². The fourth-order valence-corrected chi connectivity index (χ4v) is 5.66. The van der Waals surface area contributed by atoms with Crippen molar-refractivity contribution in [2.45, 2.75) is 52.4 Å². The molecular formula is C22H22N4OS2. The molecule has 0 radical (unpaired) electrons. The number of aromatic nitrogens is 3. The lowest BCUT2D eigenvalue weighted by molar-refractivity contribution is 0.0941. The molecule has 0 bridgehead atoms. The summed E-state index contributed by atoms with van der Waals surface area (Å²) < 4.78 is 0. The molecule has 0 amide bonds. The van der Waals surface area contributed by atoms with Gasteiger partial charge in [0.15, 0.2) is 5.78 Å². The van der Waals surface area contributed by atoms with Gasteiger partial charge in [-0.3, -0.25) is 9.78 Å². The Balaban J connectivity index is 1.43. The van der Waals surface area contributed by atoms with Gasteiger partial charge in [-0.25, -0.2) is 9.97 Å². The maximum Gasteiger partial charge on any atom is 0.166 e. The van der Waals surface area contributed by atoms with Crippen molar-refractivity contribution in [3.05, 3.63) is 50.7 Å². The number of carbonyl (C=O) groups excluding carboxylic acids is 1. The molecule has 148 valence electrons. The number of rotatable bonds is 6. The van der Waals surface area contributed by atoms with Crippen LogP contribution in [0.3, 0.4) is 0 Å². The van der Waals surface area contributed by atoms with Gasteiger partial charge < -0.3 is 0 Å². The average molecular weight is 423 g/mol. The van der Waals surface area contributed by atoms with Crippen molar-refractivity contribution < 1.29 is 4.79 Å². The Labute approximate surface area is 178 Å². The third kappa shape index (κ3) is 4.29. The molecule has 0 aromatic carbocycles. The number of nitrogens with zero attached hydrogens (tertiary/aromatic N) is 4. The molecule has 0 atom stereocenters. The quantitative estimate of drug-likeness (QED) is 0.488. The minimum atomic E-state index is -0.472. The molecule has 0 unspecified atom stereocenters. The van der Waals surface area contributed by atoms with Gasteiger partial charge in [-0.1, -0.05) is 12.8 Å². The Hall–Kier alpha value is -2.43. The van der Waals surface area contributed by atoms with E-state index in [1.807, 2.05) is 26.0 Å². The number of carbonyl (C=O) groups is 1. The maximum atomic E-state index is 12.6. The number of nitriles is 1. The Morgan fingerprint density at radius 1 is 1.24 bits per heavy atom. The highest BCUT2D eigenvalue weighted by Gasteiger charge is 2.36. The first-order valence-electron chi connectivity index (χ1n) is 9.76. The highest BCUT2D eigenvalue weighted by atomic mass is 32.1. The summed E-state index contributed by atoms with van der Waals surface area (Å²) in [4.78, 5) is 27.4. The standard InChI is InChI=1S/C22H22N4OS2/c1-14-21(29-15(2)25-14)18-12-28-20(26-18)9-17-6-5-16(11-24-17)19(27)10-22(13-23)7-3-4-8-22/h5-6,11-12H,3-4,7-10H2,1-2H3. The molecule has 7 heteroatoms. The van der Waals surface area contributed by atoms with Gasteiger partial charge in [-0.2, -0.15) is 5.26 Å². The number of pyridine rings is 1. The van der Waals surface area contributed by atoms with Crippen LogP contribution in [0.15, 0.2) is 23.7 Å². The monoisotopic (exact) mass is 422 g/mol. The first-order chi connectivity index (χ1) is 14.0. The van der Waals surface area contributed by atoms with Crippen LogP contribution in [0, 0.1) is 30.6 Å². The summed E-state index contributed by atoms with van der Waals surface area (Å²) in [6.45, 7) is 4.02. The summed E-state index contributed by atoms with van der Waals surface area (Å²) in [6.07, 6.45) is 6.30. The number of Topliss-reactive ketones (excluding diaryl/α,β-unsaturated/α-hetero) is 1. The van der Waals surface area contributed by atoms with Crippen molar-refractivity contribution in [1.29, 1.82) is 5.26 Å². The van der Waals surface area contributed by atoms with E-state index in [0.29, 0.717) is 18.4 Å². The van der Waals surface area contributed by atoms with Crippen LogP contribution < -0.4 is 0 Å². The molecule has 0 aliphatic heterocycles. The number of aryl methyl sites for hydroxylation is 2. The number of ketones is 1. The van der Waals surface area contributed by atoms with Crippen LogP contribution in [0.4, 0.5) is 0 Å². The zero-order chi connectivity index (χ0) is 20.4. The van der Waals surface area contributed by atoms with Crippen molar-refractivity contribution in [2.75, 3.05) is 0 Å². The summed E-state index contributed by atoms with van der Waals surface area (Å²) in [5.41, 5.74) is 2.99. The van der Waals surface area contributed by atoms with Gasteiger partial charge in [0, 0.05) is 35.7 Å². The third-order valence-corrected chi connectivity index (χ3v) is 7.41. The number of hydrogen-bond donors (Lipinski definition) is 0. The normalized spacial score (nSPS) is 15.3. The molecule has 3 aromatic rings. The Morgan fingerprint density at radius 2 is 2.03 bits per heavy atom. The van der Waals surface area contributed by atoms with Crippen LogP contribution in [0.5, 0.6) is 0 Å². The Bertz CT molecular complexity index is 1070. The molecule has 0 N–H and O–H groups in total. The molecule has 3 aromatic heterocycles. The smallest absolute Gasteiger partial charge is 0.166 e. The van der Waals surface area contributed by atoms with Crippen molar-refractivity contribution >= 4 is 28.5 Å². The fourth-order valence-electron chi connectivity index (χ4n) is 3.90. The van der Waals surface area contributed by atoms with E-state index in [1.54, 1.807) is 28.9 Å². The molecule has 4 rings (SSSR count). The van der Waals surface area contributed by atoms with E-state index in [4.69, 9.17) is 4.98 Å². The summed E-state index contributed by atoms with van der Waals surface area (Å²) >= 11 is 3.28. The summed E-state index contributed by atoms with van der Waals surface area (Å²) in [6, 6.07) is 6.11. The topological polar surface area (TPSA) is 79.5 Å². The van der Waals surface area contributed by atoms with E-state index < -0.39 is 5.41 Å². The van der Waals surface area contributed by atoms with Gasteiger partial charge in [0.25, 0.3) is 0 Å². The van der Waals surface area contributed by atoms with Gasteiger partial charge in [-0.05, 0) is 38.8 Å². The van der Waals surface area contributed by atoms with Crippen LogP contribution in [0.25, 0.3) is 10.6 Å². The summed E-state index contributed by atoms with van der Waals surface area (Å²) in [7, 11) is 0. The second-order valence-electron chi connectivity index (χ2n) is 7.69. The van der Waals surface area contributed by atoms with Crippen molar-refractivity contribution in [3.8, 4) is 16.6 Å². The van der Waals surface area contributed by atoms with Crippen molar-refractivity contribution in [3.63, 3.8) is 0 Å². The molecule has 3 heterocycles. The molecular weight excluding hydrogens is 400 g/mol. The van der Waals surface area contributed by atoms with E-state index in [-0.39, 0.29) is 5.78 Å². The van der Waals surface area contributed by atoms with Gasteiger partial charge in [0.1, 0.15) is 0 Å². The lowest BCUT2D eigenvalue weighted by atomic mass is 9.81. The lowest BCUT2D eigenvalue weighted by Crippen LogP contribution is -2.19. The molecule has 1 fully saturated rings. The minimum Gasteiger partial charge on any atom is -0.294 e. The number of thiazole rings is 2. The van der Waals surface area contributed by atoms with Crippen molar-refractivity contribution in [1.82, 2.24) is 15.0 Å². The molecule has 29 heavy (non-hydrogen) atoms. The van der Waals surface area contributed by atoms with Crippen LogP contribution in [0.1, 0.15) is 63.9 Å². The van der Waals surface area contributed by atoms with E-state index in [9.17, 15) is 10.1 Å². The molecule has 5 nitrogen and oxygen atoms in total. The summed E-state index contributed by atoms with van der Waals surface area (Å²) in [5.74, 6) is 0.0140. The molecule has 0 saturated heterocycles. The molecule has 1 aliphatic rings. The second kappa shape index (κ2) is 8.13. The number of hydrogen-bond acceptors (Lipinski definition) is 7. The first-order valence-corrected chi connectivity index (χ1v) is 11.5. The van der Waals surface area contributed by atoms with Gasteiger partial charge in [-0.15, -0.1) is 22.7 Å². The van der Waals surface area contributed by atoms with E-state index >= 15 is 0 Å². The predicted molar refractivity (Wildman–Crippen MR) is 115 cm³/mol. The van der Waals surface area contributed by atoms with Gasteiger partial charge in [0.05, 0.1) is 37.8 Å². The van der Waals surface area contributed by atoms with E-state index in [2.05, 4.69) is 21.4 Å². The minimum absolute atomic E-state index is 0.0140. The largest absolute Gasteiger partial charge is 0.294 e. The maximum absolute atomic E-state index is 12.6. The Kier molecular flexibility index (Phi) is 5.57. The van der Waals surface area contributed by atoms with Crippen LogP contribution in [0.2, 0.25) is 0 Å². The van der Waals surface area contributed by atoms with Crippen LogP contribution >= 0.6 is 22.7 Å². The first kappa shape index (κ1) is 19.9. The zero-order valence-electron chi connectivity index (χ0n) is 16.6. The highest BCUT2D eigenvalue weighted by molar-refractivity contribution is 7.15. The fraction of sp³-hybridized carbons (Fsp3) is 0.409. The average Bonchev–Trinajstić information content (AvgIpc) is 3.43. The van der Waals surface area contributed by atoms with Gasteiger partial charge in [0.2, 0.25) is 0 Å². The lowest BCUT2D eigenvalue weighted by Gasteiger charge is -2.18. The molecule has 1 saturated carbocycles. The Morgan fingerprint density at radius 3 is 2.66 bits per heavy atom. The molecule has 0 spiro atoms. The van der Waals surface area contributed by atoms with E-state index in [1.165, 1.54) is 0 Å². The van der Waals surface area contributed by atoms with Crippen LogP contribution in [-0.4, -0.2) is 20.7 Å². The predicted octanol–water partition coefficient (Wildman–Crippen LogP) is 5.53. The molecule has 1 aliphatic carbocycles.